The van der Waals surface area contributed by atoms with Gasteiger partial charge in [0.25, 0.3) is 0 Å². The predicted octanol–water partition coefficient (Wildman–Crippen LogP) is 4.28. The zero-order valence-electron chi connectivity index (χ0n) is 21.6. The van der Waals surface area contributed by atoms with Crippen LogP contribution >= 0.6 is 0 Å². The van der Waals surface area contributed by atoms with Crippen LogP contribution in [0.5, 0.6) is 17.2 Å². The lowest BCUT2D eigenvalue weighted by Crippen LogP contribution is -2.32. The molecule has 0 aromatic heterocycles. The number of methoxy groups -OCH3 is 2. The highest BCUT2D eigenvalue weighted by molar-refractivity contribution is 7.92. The molecule has 0 radical (unpaired) electrons. The van der Waals surface area contributed by atoms with E-state index in [1.54, 1.807) is 30.3 Å². The van der Waals surface area contributed by atoms with Gasteiger partial charge in [0.1, 0.15) is 5.75 Å². The van der Waals surface area contributed by atoms with Crippen LogP contribution in [0, 0.1) is 0 Å². The molecule has 4 N–H and O–H groups in total. The van der Waals surface area contributed by atoms with Gasteiger partial charge < -0.3 is 25.0 Å². The summed E-state index contributed by atoms with van der Waals surface area (Å²) < 4.78 is 75.8. The third-order valence-corrected chi connectivity index (χ3v) is 6.52. The summed E-state index contributed by atoms with van der Waals surface area (Å²) in [6.45, 7) is 0.0632. The Balaban J connectivity index is 1.81. The second-order valence-electron chi connectivity index (χ2n) is 9.06. The molecule has 0 spiro atoms. The molecule has 0 heterocycles. The maximum atomic E-state index is 13.3. The number of alkyl halides is 3. The Bertz CT molecular complexity index is 1380. The van der Waals surface area contributed by atoms with Crippen LogP contribution in [-0.4, -0.2) is 51.8 Å². The van der Waals surface area contributed by atoms with Crippen molar-refractivity contribution in [3.8, 4) is 17.2 Å². The van der Waals surface area contributed by atoms with E-state index in [1.165, 1.54) is 32.4 Å². The standard InChI is InChI=1S/C27H31F3N2O6S/c1-37-25-10-8-19(15-26(25)38-2)22(13-17-5-4-6-20(11-17)27(28,29)30)31-16-21(33)12-18-7-9-24(34)23(14-18)32-39(3,35)36/h4-11,14-15,21-22,31-34H,12-13,16H2,1-3H3/t21-,22+/m0/s1. The lowest BCUT2D eigenvalue weighted by molar-refractivity contribution is -0.137. The fourth-order valence-corrected chi connectivity index (χ4v) is 4.66. The van der Waals surface area contributed by atoms with Crippen LogP contribution in [0.15, 0.2) is 60.7 Å². The number of rotatable bonds is 12. The van der Waals surface area contributed by atoms with Gasteiger partial charge in [-0.25, -0.2) is 8.42 Å². The SMILES string of the molecule is COc1ccc([C@@H](Cc2cccc(C(F)(F)F)c2)NC[C@@H](O)Cc2ccc(O)c(NS(C)(=O)=O)c2)cc1OC. The van der Waals surface area contributed by atoms with Crippen LogP contribution in [0.3, 0.4) is 0 Å². The highest BCUT2D eigenvalue weighted by Gasteiger charge is 2.30. The minimum atomic E-state index is -4.48. The molecule has 0 saturated carbocycles. The van der Waals surface area contributed by atoms with Crippen LogP contribution in [0.1, 0.15) is 28.3 Å². The first-order valence-electron chi connectivity index (χ1n) is 11.9. The van der Waals surface area contributed by atoms with Crippen molar-refractivity contribution in [2.75, 3.05) is 31.7 Å². The van der Waals surface area contributed by atoms with Crippen molar-refractivity contribution in [1.82, 2.24) is 5.32 Å². The first-order chi connectivity index (χ1) is 18.3. The average molecular weight is 569 g/mol. The van der Waals surface area contributed by atoms with E-state index in [0.29, 0.717) is 28.2 Å². The van der Waals surface area contributed by atoms with Gasteiger partial charge in [-0.3, -0.25) is 4.72 Å². The van der Waals surface area contributed by atoms with Gasteiger partial charge in [-0.2, -0.15) is 13.2 Å². The fraction of sp³-hybridized carbons (Fsp3) is 0.333. The molecule has 212 valence electrons. The Morgan fingerprint density at radius 2 is 1.62 bits per heavy atom. The highest BCUT2D eigenvalue weighted by Crippen LogP contribution is 2.33. The van der Waals surface area contributed by atoms with Crippen molar-refractivity contribution in [3.05, 3.63) is 82.9 Å². The van der Waals surface area contributed by atoms with E-state index >= 15 is 0 Å². The number of ether oxygens (including phenoxy) is 2. The third kappa shape index (κ3) is 8.77. The Morgan fingerprint density at radius 3 is 2.26 bits per heavy atom. The molecule has 0 unspecified atom stereocenters. The molecule has 0 bridgehead atoms. The molecule has 3 aromatic carbocycles. The maximum Gasteiger partial charge on any atom is 0.416 e. The molecule has 0 saturated heterocycles. The van der Waals surface area contributed by atoms with Gasteiger partial charge in [0.2, 0.25) is 10.0 Å². The van der Waals surface area contributed by atoms with Gasteiger partial charge in [-0.15, -0.1) is 0 Å². The van der Waals surface area contributed by atoms with E-state index in [2.05, 4.69) is 10.0 Å². The normalized spacial score (nSPS) is 13.5. The molecule has 0 aliphatic carbocycles. The zero-order valence-corrected chi connectivity index (χ0v) is 22.4. The summed E-state index contributed by atoms with van der Waals surface area (Å²) >= 11 is 0. The van der Waals surface area contributed by atoms with Crippen molar-refractivity contribution in [2.24, 2.45) is 0 Å². The molecule has 0 amide bonds. The highest BCUT2D eigenvalue weighted by atomic mass is 32.2. The predicted molar refractivity (Wildman–Crippen MR) is 142 cm³/mol. The summed E-state index contributed by atoms with van der Waals surface area (Å²) in [5.74, 6) is 0.678. The second kappa shape index (κ2) is 12.6. The largest absolute Gasteiger partial charge is 0.506 e. The molecule has 8 nitrogen and oxygen atoms in total. The number of benzene rings is 3. The zero-order chi connectivity index (χ0) is 28.8. The Labute approximate surface area is 225 Å². The van der Waals surface area contributed by atoms with E-state index in [9.17, 15) is 31.8 Å². The average Bonchev–Trinajstić information content (AvgIpc) is 2.87. The van der Waals surface area contributed by atoms with Gasteiger partial charge in [0, 0.05) is 12.6 Å². The van der Waals surface area contributed by atoms with Gasteiger partial charge >= 0.3 is 6.18 Å². The molecule has 0 fully saturated rings. The number of hydrogen-bond donors (Lipinski definition) is 4. The number of aromatic hydroxyl groups is 1. The molecule has 12 heteroatoms. The van der Waals surface area contributed by atoms with Gasteiger partial charge in [0.15, 0.2) is 11.5 Å². The maximum absolute atomic E-state index is 13.3. The van der Waals surface area contributed by atoms with E-state index in [4.69, 9.17) is 9.47 Å². The minimum absolute atomic E-state index is 0.0112. The summed E-state index contributed by atoms with van der Waals surface area (Å²) in [4.78, 5) is 0. The number of halogens is 3. The number of phenols is 1. The molecular formula is C27H31F3N2O6S. The number of hydrogen-bond acceptors (Lipinski definition) is 7. The van der Waals surface area contributed by atoms with Crippen LogP contribution in [0.4, 0.5) is 18.9 Å². The monoisotopic (exact) mass is 568 g/mol. The van der Waals surface area contributed by atoms with Crippen molar-refractivity contribution < 1.29 is 41.3 Å². The van der Waals surface area contributed by atoms with Gasteiger partial charge in [0.05, 0.1) is 37.8 Å². The number of aliphatic hydroxyl groups is 1. The van der Waals surface area contributed by atoms with E-state index in [-0.39, 0.29) is 30.8 Å². The Morgan fingerprint density at radius 1 is 0.923 bits per heavy atom. The topological polar surface area (TPSA) is 117 Å². The number of phenolic OH excluding ortho intramolecular Hbond substituents is 1. The van der Waals surface area contributed by atoms with E-state index in [1.807, 2.05) is 0 Å². The molecular weight excluding hydrogens is 537 g/mol. The molecule has 2 atom stereocenters. The minimum Gasteiger partial charge on any atom is -0.506 e. The second-order valence-corrected chi connectivity index (χ2v) is 10.8. The first kappa shape index (κ1) is 30.1. The van der Waals surface area contributed by atoms with Crippen molar-refractivity contribution in [3.63, 3.8) is 0 Å². The summed E-state index contributed by atoms with van der Waals surface area (Å²) in [6.07, 6.45) is -4.16. The van der Waals surface area contributed by atoms with E-state index < -0.39 is 33.9 Å². The van der Waals surface area contributed by atoms with Crippen LogP contribution in [-0.2, 0) is 29.0 Å². The quantitative estimate of drug-likeness (QED) is 0.241. The first-order valence-corrected chi connectivity index (χ1v) is 13.8. The summed E-state index contributed by atoms with van der Waals surface area (Å²) in [6, 6.07) is 14.1. The van der Waals surface area contributed by atoms with Crippen LogP contribution in [0.2, 0.25) is 0 Å². The smallest absolute Gasteiger partial charge is 0.416 e. The van der Waals surface area contributed by atoms with Crippen molar-refractivity contribution >= 4 is 15.7 Å². The summed E-state index contributed by atoms with van der Waals surface area (Å²) in [5.41, 5.74) is 0.955. The van der Waals surface area contributed by atoms with Gasteiger partial charge in [-0.1, -0.05) is 30.3 Å². The molecule has 3 aromatic rings. The van der Waals surface area contributed by atoms with Crippen molar-refractivity contribution in [2.45, 2.75) is 31.2 Å². The molecule has 0 aliphatic rings. The van der Waals surface area contributed by atoms with Crippen molar-refractivity contribution in [1.29, 1.82) is 0 Å². The lowest BCUT2D eigenvalue weighted by Gasteiger charge is -2.23. The molecule has 0 aliphatic heterocycles. The number of aliphatic hydroxyl groups excluding tert-OH is 1. The Kier molecular flexibility index (Phi) is 9.70. The Hall–Kier alpha value is -3.48. The van der Waals surface area contributed by atoms with Crippen LogP contribution < -0.4 is 19.5 Å². The molecule has 3 rings (SSSR count). The van der Waals surface area contributed by atoms with Gasteiger partial charge in [-0.05, 0) is 59.9 Å². The fourth-order valence-electron chi connectivity index (χ4n) is 4.10. The summed E-state index contributed by atoms with van der Waals surface area (Å²) in [5, 5.41) is 23.9. The number of nitrogens with one attached hydrogen (secondary N) is 2. The number of anilines is 1. The third-order valence-electron chi connectivity index (χ3n) is 5.93. The van der Waals surface area contributed by atoms with E-state index in [0.717, 1.165) is 18.4 Å². The summed E-state index contributed by atoms with van der Waals surface area (Å²) in [7, 11) is -0.655. The number of sulfonamides is 1. The van der Waals surface area contributed by atoms with Crippen LogP contribution in [0.25, 0.3) is 0 Å². The lowest BCUT2D eigenvalue weighted by atomic mass is 9.96. The molecule has 39 heavy (non-hydrogen) atoms.